The zero-order chi connectivity index (χ0) is 21.8. The maximum atomic E-state index is 13.2. The largest absolute Gasteiger partial charge is 0.462 e. The molecule has 4 aliphatic rings. The van der Waals surface area contributed by atoms with Crippen molar-refractivity contribution < 1.29 is 14.3 Å². The van der Waals surface area contributed by atoms with Gasteiger partial charge in [-0.3, -0.25) is 14.6 Å². The van der Waals surface area contributed by atoms with Crippen LogP contribution in [-0.2, 0) is 14.3 Å². The van der Waals surface area contributed by atoms with Gasteiger partial charge in [-0.15, -0.1) is 0 Å². The second-order valence-corrected chi connectivity index (χ2v) is 10.6. The lowest BCUT2D eigenvalue weighted by Gasteiger charge is -2.57. The van der Waals surface area contributed by atoms with E-state index >= 15 is 0 Å². The topological polar surface area (TPSA) is 56.3 Å². The minimum Gasteiger partial charge on any atom is -0.462 e. The molecule has 0 amide bonds. The molecule has 0 aromatic carbocycles. The van der Waals surface area contributed by atoms with Gasteiger partial charge in [0, 0.05) is 31.5 Å². The molecular weight excluding hydrogens is 386 g/mol. The van der Waals surface area contributed by atoms with Crippen LogP contribution >= 0.6 is 0 Å². The maximum absolute atomic E-state index is 13.2. The number of hydrogen-bond donors (Lipinski definition) is 0. The van der Waals surface area contributed by atoms with Crippen LogP contribution in [0.1, 0.15) is 71.4 Å². The molecule has 5 rings (SSSR count). The molecule has 1 aromatic rings. The molecule has 4 nitrogen and oxygen atoms in total. The Balaban J connectivity index is 1.44. The summed E-state index contributed by atoms with van der Waals surface area (Å²) in [6.45, 7) is 6.27. The average molecular weight is 420 g/mol. The summed E-state index contributed by atoms with van der Waals surface area (Å²) in [7, 11) is 0. The van der Waals surface area contributed by atoms with Gasteiger partial charge in [0.1, 0.15) is 6.10 Å². The number of pyridine rings is 1. The first-order valence-electron chi connectivity index (χ1n) is 11.8. The number of fused-ring (bicyclic) bond motifs is 5. The third-order valence-electron chi connectivity index (χ3n) is 9.08. The van der Waals surface area contributed by atoms with Crippen molar-refractivity contribution in [3.8, 4) is 0 Å². The first kappa shape index (κ1) is 20.7. The molecular formula is C27H33NO3. The summed E-state index contributed by atoms with van der Waals surface area (Å²) in [5.41, 5.74) is 3.50. The fourth-order valence-corrected chi connectivity index (χ4v) is 7.48. The van der Waals surface area contributed by atoms with Gasteiger partial charge in [0.15, 0.2) is 5.78 Å². The fraction of sp³-hybridized carbons (Fsp3) is 0.593. The Bertz CT molecular complexity index is 964. The molecule has 0 bridgehead atoms. The van der Waals surface area contributed by atoms with Crippen LogP contribution < -0.4 is 0 Å². The minimum absolute atomic E-state index is 0.0307. The molecule has 3 fully saturated rings. The Labute approximate surface area is 185 Å². The number of aromatic nitrogens is 1. The van der Waals surface area contributed by atoms with Crippen LogP contribution in [0.15, 0.2) is 41.6 Å². The summed E-state index contributed by atoms with van der Waals surface area (Å²) in [4.78, 5) is 29.1. The highest BCUT2D eigenvalue weighted by molar-refractivity contribution is 6.03. The number of esters is 1. The van der Waals surface area contributed by atoms with Gasteiger partial charge in [-0.2, -0.15) is 0 Å². The zero-order valence-corrected chi connectivity index (χ0v) is 18.9. The van der Waals surface area contributed by atoms with Gasteiger partial charge in [0.05, 0.1) is 5.69 Å². The molecule has 164 valence electrons. The lowest BCUT2D eigenvalue weighted by atomic mass is 9.48. The smallest absolute Gasteiger partial charge is 0.302 e. The minimum atomic E-state index is -0.173. The first-order chi connectivity index (χ1) is 14.8. The number of hydrogen-bond acceptors (Lipinski definition) is 4. The van der Waals surface area contributed by atoms with Gasteiger partial charge in [-0.1, -0.05) is 31.6 Å². The molecule has 0 aliphatic heterocycles. The van der Waals surface area contributed by atoms with Gasteiger partial charge < -0.3 is 4.74 Å². The molecule has 0 spiro atoms. The van der Waals surface area contributed by atoms with E-state index in [1.54, 1.807) is 6.20 Å². The van der Waals surface area contributed by atoms with E-state index in [9.17, 15) is 9.59 Å². The van der Waals surface area contributed by atoms with Crippen molar-refractivity contribution in [3.63, 3.8) is 0 Å². The lowest BCUT2D eigenvalue weighted by molar-refractivity contribution is -0.148. The van der Waals surface area contributed by atoms with Crippen molar-refractivity contribution in [2.24, 2.45) is 28.6 Å². The van der Waals surface area contributed by atoms with Crippen molar-refractivity contribution in [1.82, 2.24) is 4.98 Å². The predicted octanol–water partition coefficient (Wildman–Crippen LogP) is 5.54. The van der Waals surface area contributed by atoms with E-state index in [4.69, 9.17) is 4.74 Å². The van der Waals surface area contributed by atoms with E-state index in [2.05, 4.69) is 31.0 Å². The van der Waals surface area contributed by atoms with Crippen LogP contribution in [0.5, 0.6) is 0 Å². The second-order valence-electron chi connectivity index (χ2n) is 10.6. The molecule has 0 N–H and O–H groups in total. The highest BCUT2D eigenvalue weighted by Crippen LogP contribution is 2.65. The number of rotatable bonds is 2. The number of ketones is 1. The van der Waals surface area contributed by atoms with Crippen molar-refractivity contribution in [2.45, 2.75) is 71.8 Å². The van der Waals surface area contributed by atoms with Crippen LogP contribution in [0.2, 0.25) is 0 Å². The molecule has 1 aromatic heterocycles. The summed E-state index contributed by atoms with van der Waals surface area (Å²) in [6, 6.07) is 5.88. The second kappa shape index (κ2) is 7.43. The Kier molecular flexibility index (Phi) is 4.95. The summed E-state index contributed by atoms with van der Waals surface area (Å²) >= 11 is 0. The van der Waals surface area contributed by atoms with Crippen molar-refractivity contribution >= 4 is 17.8 Å². The number of allylic oxidation sites excluding steroid dienone is 2. The summed E-state index contributed by atoms with van der Waals surface area (Å²) in [5.74, 6) is 1.72. The van der Waals surface area contributed by atoms with Gasteiger partial charge >= 0.3 is 5.97 Å². The molecule has 0 saturated heterocycles. The van der Waals surface area contributed by atoms with Crippen LogP contribution in [-0.4, -0.2) is 22.8 Å². The van der Waals surface area contributed by atoms with E-state index < -0.39 is 0 Å². The molecule has 3 saturated carbocycles. The van der Waals surface area contributed by atoms with Gasteiger partial charge in [0.25, 0.3) is 0 Å². The van der Waals surface area contributed by atoms with Gasteiger partial charge in [-0.05, 0) is 78.9 Å². The zero-order valence-electron chi connectivity index (χ0n) is 18.9. The Hall–Kier alpha value is -2.23. The third-order valence-corrected chi connectivity index (χ3v) is 9.08. The van der Waals surface area contributed by atoms with E-state index in [1.807, 2.05) is 18.2 Å². The van der Waals surface area contributed by atoms with E-state index in [0.29, 0.717) is 30.0 Å². The van der Waals surface area contributed by atoms with Crippen molar-refractivity contribution in [2.75, 3.05) is 0 Å². The molecule has 6 atom stereocenters. The summed E-state index contributed by atoms with van der Waals surface area (Å²) in [5, 5.41) is 0. The van der Waals surface area contributed by atoms with Gasteiger partial charge in [-0.25, -0.2) is 0 Å². The SMILES string of the molecule is CC(=O)O[C@H]1CC[C@@]2(C)C(=CC[C@@H]3[C@@H]2CC[C@]2(C)/C(=C\c4ccccn4)C(=O)C[C@@H]32)C1. The number of carbonyl (C=O) groups is 2. The highest BCUT2D eigenvalue weighted by Gasteiger charge is 2.59. The number of Topliss-reactive ketones (excluding diaryl/α,β-unsaturated/α-hetero) is 1. The molecule has 0 radical (unpaired) electrons. The Morgan fingerprint density at radius 3 is 2.68 bits per heavy atom. The number of carbonyl (C=O) groups excluding carboxylic acids is 2. The van der Waals surface area contributed by atoms with Crippen LogP contribution in [0.25, 0.3) is 6.08 Å². The average Bonchev–Trinajstić information content (AvgIpc) is 2.99. The Morgan fingerprint density at radius 2 is 1.94 bits per heavy atom. The third kappa shape index (κ3) is 3.30. The number of nitrogens with zero attached hydrogens (tertiary/aromatic N) is 1. The van der Waals surface area contributed by atoms with E-state index in [-0.39, 0.29) is 22.9 Å². The normalized spacial score (nSPS) is 40.5. The number of ether oxygens (including phenoxy) is 1. The summed E-state index contributed by atoms with van der Waals surface area (Å²) < 4.78 is 5.55. The Morgan fingerprint density at radius 1 is 1.13 bits per heavy atom. The van der Waals surface area contributed by atoms with Crippen LogP contribution in [0.4, 0.5) is 0 Å². The quantitative estimate of drug-likeness (QED) is 0.359. The van der Waals surface area contributed by atoms with Crippen molar-refractivity contribution in [3.05, 3.63) is 47.3 Å². The molecule has 1 heterocycles. The maximum Gasteiger partial charge on any atom is 0.302 e. The first-order valence-corrected chi connectivity index (χ1v) is 11.8. The molecule has 4 aliphatic carbocycles. The van der Waals surface area contributed by atoms with Crippen LogP contribution in [0, 0.1) is 28.6 Å². The molecule has 4 heteroatoms. The standard InChI is InChI=1S/C27H33NO3/c1-17(29)31-20-9-11-26(2)18(14-20)7-8-21-22(26)10-12-27(3)23(21)16-25(30)24(27)15-19-6-4-5-13-28-19/h4-7,13,15,20-23H,8-12,14,16H2,1-3H3/b24-15-/t20-,21+,22-,23-,26-,27-/m0/s1. The highest BCUT2D eigenvalue weighted by atomic mass is 16.5. The van der Waals surface area contributed by atoms with Crippen molar-refractivity contribution in [1.29, 1.82) is 0 Å². The monoisotopic (exact) mass is 419 g/mol. The van der Waals surface area contributed by atoms with E-state index in [1.165, 1.54) is 12.5 Å². The predicted molar refractivity (Wildman–Crippen MR) is 120 cm³/mol. The fourth-order valence-electron chi connectivity index (χ4n) is 7.48. The molecule has 31 heavy (non-hydrogen) atoms. The lowest BCUT2D eigenvalue weighted by Crippen LogP contribution is -2.49. The summed E-state index contributed by atoms with van der Waals surface area (Å²) in [6.07, 6.45) is 13.2. The molecule has 0 unspecified atom stereocenters. The van der Waals surface area contributed by atoms with E-state index in [0.717, 1.165) is 49.8 Å². The van der Waals surface area contributed by atoms with Gasteiger partial charge in [0.2, 0.25) is 0 Å². The van der Waals surface area contributed by atoms with Crippen LogP contribution in [0.3, 0.4) is 0 Å².